The van der Waals surface area contributed by atoms with Crippen LogP contribution in [0.25, 0.3) is 0 Å². The van der Waals surface area contributed by atoms with Crippen LogP contribution in [-0.4, -0.2) is 17.4 Å². The summed E-state index contributed by atoms with van der Waals surface area (Å²) in [6.45, 7) is 4.62. The zero-order chi connectivity index (χ0) is 14.2. The Bertz CT molecular complexity index is 226. The Morgan fingerprint density at radius 2 is 1.35 bits per heavy atom. The molecule has 1 unspecified atom stereocenters. The lowest BCUT2D eigenvalue weighted by Crippen LogP contribution is -2.24. The highest BCUT2D eigenvalue weighted by atomic mass is 31.1. The Morgan fingerprint density at radius 1 is 0.850 bits per heavy atom. The van der Waals surface area contributed by atoms with E-state index in [0.717, 1.165) is 11.3 Å². The summed E-state index contributed by atoms with van der Waals surface area (Å²) in [6.07, 6.45) is 19.0. The van der Waals surface area contributed by atoms with Crippen molar-refractivity contribution in [3.63, 3.8) is 0 Å². The van der Waals surface area contributed by atoms with Crippen molar-refractivity contribution >= 4 is 8.15 Å². The second-order valence-corrected chi connectivity index (χ2v) is 9.26. The first-order valence-corrected chi connectivity index (χ1v) is 10.7. The molecule has 2 fully saturated rings. The summed E-state index contributed by atoms with van der Waals surface area (Å²) in [5.74, 6) is 0. The molecule has 0 saturated heterocycles. The van der Waals surface area contributed by atoms with E-state index in [0.29, 0.717) is 6.10 Å². The van der Waals surface area contributed by atoms with Gasteiger partial charge in [0.25, 0.3) is 0 Å². The summed E-state index contributed by atoms with van der Waals surface area (Å²) in [5.41, 5.74) is 1.88. The topological polar surface area (TPSA) is 9.23 Å². The van der Waals surface area contributed by atoms with Crippen molar-refractivity contribution in [1.82, 2.24) is 0 Å². The summed E-state index contributed by atoms with van der Waals surface area (Å²) in [7, 11) is -0.154. The van der Waals surface area contributed by atoms with Crippen LogP contribution in [0, 0.1) is 0 Å². The molecular formula is C18H35OP. The third-order valence-corrected chi connectivity index (χ3v) is 8.22. The lowest BCUT2D eigenvalue weighted by Gasteiger charge is -2.39. The van der Waals surface area contributed by atoms with Gasteiger partial charge in [-0.15, -0.1) is 0 Å². The van der Waals surface area contributed by atoms with Crippen LogP contribution in [0.1, 0.15) is 97.3 Å². The van der Waals surface area contributed by atoms with E-state index in [-0.39, 0.29) is 8.15 Å². The quantitative estimate of drug-likeness (QED) is 0.478. The van der Waals surface area contributed by atoms with Gasteiger partial charge in [0.1, 0.15) is 0 Å². The van der Waals surface area contributed by atoms with Crippen molar-refractivity contribution < 1.29 is 4.52 Å². The van der Waals surface area contributed by atoms with E-state index >= 15 is 0 Å². The first-order valence-electron chi connectivity index (χ1n) is 9.30. The molecule has 1 nitrogen and oxygen atoms in total. The van der Waals surface area contributed by atoms with E-state index in [4.69, 9.17) is 4.52 Å². The minimum atomic E-state index is -0.154. The molecule has 0 aromatic carbocycles. The molecule has 2 heteroatoms. The van der Waals surface area contributed by atoms with Crippen LogP contribution in [0.5, 0.6) is 0 Å². The maximum absolute atomic E-state index is 6.78. The van der Waals surface area contributed by atoms with Crippen LogP contribution in [0.3, 0.4) is 0 Å². The van der Waals surface area contributed by atoms with Crippen LogP contribution >= 0.6 is 8.15 Å². The first-order chi connectivity index (χ1) is 9.85. The van der Waals surface area contributed by atoms with E-state index < -0.39 is 0 Å². The molecule has 0 amide bonds. The molecule has 0 bridgehead atoms. The minimum Gasteiger partial charge on any atom is -0.355 e. The van der Waals surface area contributed by atoms with Crippen LogP contribution in [0.15, 0.2) is 0 Å². The van der Waals surface area contributed by atoms with Crippen LogP contribution in [0.2, 0.25) is 0 Å². The third kappa shape index (κ3) is 4.99. The SMILES string of the molecule is CCCC(CC)OP(C1CCCCC1)C1CCCCC1. The Kier molecular flexibility index (Phi) is 7.89. The Hall–Kier alpha value is 0.390. The highest BCUT2D eigenvalue weighted by Crippen LogP contribution is 2.57. The molecule has 1 atom stereocenters. The molecule has 2 aliphatic rings. The smallest absolute Gasteiger partial charge is 0.0615 e. The zero-order valence-corrected chi connectivity index (χ0v) is 14.7. The first kappa shape index (κ1) is 16.8. The molecule has 118 valence electrons. The van der Waals surface area contributed by atoms with E-state index in [1.807, 2.05) is 0 Å². The Labute approximate surface area is 128 Å². The van der Waals surface area contributed by atoms with Crippen molar-refractivity contribution in [1.29, 1.82) is 0 Å². The summed E-state index contributed by atoms with van der Waals surface area (Å²) in [6, 6.07) is 0. The molecule has 2 rings (SSSR count). The Balaban J connectivity index is 1.97. The summed E-state index contributed by atoms with van der Waals surface area (Å²) in [4.78, 5) is 0. The molecule has 0 N–H and O–H groups in total. The summed E-state index contributed by atoms with van der Waals surface area (Å²) < 4.78 is 6.78. The van der Waals surface area contributed by atoms with E-state index in [9.17, 15) is 0 Å². The molecule has 0 heterocycles. The van der Waals surface area contributed by atoms with Crippen LogP contribution < -0.4 is 0 Å². The predicted molar refractivity (Wildman–Crippen MR) is 90.7 cm³/mol. The van der Waals surface area contributed by atoms with Crippen molar-refractivity contribution in [3.8, 4) is 0 Å². The molecule has 20 heavy (non-hydrogen) atoms. The molecule has 2 aliphatic carbocycles. The molecule has 0 radical (unpaired) electrons. The minimum absolute atomic E-state index is 0.154. The molecule has 2 saturated carbocycles. The fourth-order valence-corrected chi connectivity index (χ4v) is 7.25. The summed E-state index contributed by atoms with van der Waals surface area (Å²) in [5, 5.41) is 0. The molecular weight excluding hydrogens is 263 g/mol. The second kappa shape index (κ2) is 9.42. The average molecular weight is 298 g/mol. The largest absolute Gasteiger partial charge is 0.355 e. The van der Waals surface area contributed by atoms with Crippen LogP contribution in [0.4, 0.5) is 0 Å². The van der Waals surface area contributed by atoms with Gasteiger partial charge in [0.05, 0.1) is 6.10 Å². The number of hydrogen-bond acceptors (Lipinski definition) is 1. The average Bonchev–Trinajstić information content (AvgIpc) is 2.53. The highest BCUT2D eigenvalue weighted by Gasteiger charge is 2.33. The van der Waals surface area contributed by atoms with Gasteiger partial charge in [-0.3, -0.25) is 0 Å². The third-order valence-electron chi connectivity index (χ3n) is 5.21. The number of rotatable bonds is 7. The molecule has 0 aliphatic heterocycles. The molecule has 0 aromatic heterocycles. The maximum Gasteiger partial charge on any atom is 0.0615 e. The van der Waals surface area contributed by atoms with Gasteiger partial charge >= 0.3 is 0 Å². The molecule has 0 aromatic rings. The normalized spacial score (nSPS) is 24.1. The van der Waals surface area contributed by atoms with Gasteiger partial charge in [-0.1, -0.05) is 58.8 Å². The van der Waals surface area contributed by atoms with Gasteiger partial charge in [-0.25, -0.2) is 0 Å². The molecule has 0 spiro atoms. The predicted octanol–water partition coefficient (Wildman–Crippen LogP) is 6.64. The van der Waals surface area contributed by atoms with E-state index in [1.54, 1.807) is 0 Å². The van der Waals surface area contributed by atoms with Gasteiger partial charge in [0.15, 0.2) is 0 Å². The summed E-state index contributed by atoms with van der Waals surface area (Å²) >= 11 is 0. The van der Waals surface area contributed by atoms with Gasteiger partial charge in [0.2, 0.25) is 0 Å². The van der Waals surface area contributed by atoms with E-state index in [2.05, 4.69) is 13.8 Å². The zero-order valence-electron chi connectivity index (χ0n) is 13.8. The monoisotopic (exact) mass is 298 g/mol. The second-order valence-electron chi connectivity index (χ2n) is 6.87. The lowest BCUT2D eigenvalue weighted by atomic mass is 10.00. The van der Waals surface area contributed by atoms with Crippen molar-refractivity contribution in [3.05, 3.63) is 0 Å². The van der Waals surface area contributed by atoms with E-state index in [1.165, 1.54) is 83.5 Å². The van der Waals surface area contributed by atoms with Gasteiger partial charge in [0, 0.05) is 19.5 Å². The highest BCUT2D eigenvalue weighted by molar-refractivity contribution is 7.54. The fraction of sp³-hybridized carbons (Fsp3) is 1.00. The van der Waals surface area contributed by atoms with Crippen molar-refractivity contribution in [2.45, 2.75) is 115 Å². The van der Waals surface area contributed by atoms with Crippen molar-refractivity contribution in [2.75, 3.05) is 0 Å². The Morgan fingerprint density at radius 3 is 1.75 bits per heavy atom. The fourth-order valence-electron chi connectivity index (χ4n) is 3.97. The maximum atomic E-state index is 6.78. The van der Waals surface area contributed by atoms with Gasteiger partial charge < -0.3 is 4.52 Å². The van der Waals surface area contributed by atoms with Gasteiger partial charge in [-0.2, -0.15) is 0 Å². The van der Waals surface area contributed by atoms with Crippen LogP contribution in [-0.2, 0) is 4.52 Å². The standard InChI is InChI=1S/C18H35OP/c1-3-11-16(4-2)19-20(17-12-7-5-8-13-17)18-14-9-6-10-15-18/h16-18H,3-15H2,1-2H3. The number of hydrogen-bond donors (Lipinski definition) is 0. The lowest BCUT2D eigenvalue weighted by molar-refractivity contribution is 0.197. The van der Waals surface area contributed by atoms with Crippen molar-refractivity contribution in [2.24, 2.45) is 0 Å². The van der Waals surface area contributed by atoms with Gasteiger partial charge in [-0.05, 0) is 38.5 Å².